The van der Waals surface area contributed by atoms with Crippen molar-refractivity contribution in [3.8, 4) is 0 Å². The van der Waals surface area contributed by atoms with Crippen LogP contribution in [-0.4, -0.2) is 6.54 Å². The van der Waals surface area contributed by atoms with Gasteiger partial charge in [-0.3, -0.25) is 0 Å². The summed E-state index contributed by atoms with van der Waals surface area (Å²) in [6.45, 7) is 7.99. The Kier molecular flexibility index (Phi) is 3.80. The maximum Gasteiger partial charge on any atom is 0.0323 e. The van der Waals surface area contributed by atoms with Crippen molar-refractivity contribution in [1.29, 1.82) is 0 Å². The molecule has 0 bridgehead atoms. The Hall–Kier alpha value is -1.34. The fourth-order valence-electron chi connectivity index (χ4n) is 3.69. The molecule has 0 amide bonds. The summed E-state index contributed by atoms with van der Waals surface area (Å²) < 4.78 is 0. The molecule has 1 N–H and O–H groups in total. The lowest BCUT2D eigenvalue weighted by Gasteiger charge is -2.32. The molecule has 0 aliphatic heterocycles. The number of hydrogen-bond acceptors (Lipinski definition) is 1. The van der Waals surface area contributed by atoms with Crippen molar-refractivity contribution in [2.75, 3.05) is 6.54 Å². The summed E-state index contributed by atoms with van der Waals surface area (Å²) in [6, 6.07) is 11.9. The first-order valence-corrected chi connectivity index (χ1v) is 7.98. The molecule has 2 atom stereocenters. The van der Waals surface area contributed by atoms with Crippen molar-refractivity contribution in [3.05, 3.63) is 47.0 Å². The standard InChI is InChI=1S/C19H25N/c1-4-11-20-18-10-9-13(2)19-16-8-6-5-7-15(16)14(3)12-17(18)19/h5-8,12-13,18,20H,4,9-11H2,1-3H3. The van der Waals surface area contributed by atoms with Gasteiger partial charge in [0.15, 0.2) is 0 Å². The highest BCUT2D eigenvalue weighted by Crippen LogP contribution is 2.42. The first kappa shape index (κ1) is 13.6. The number of fused-ring (bicyclic) bond motifs is 3. The molecule has 1 nitrogen and oxygen atoms in total. The minimum atomic E-state index is 0.546. The van der Waals surface area contributed by atoms with Crippen molar-refractivity contribution >= 4 is 10.8 Å². The minimum Gasteiger partial charge on any atom is -0.310 e. The van der Waals surface area contributed by atoms with E-state index in [-0.39, 0.29) is 0 Å². The van der Waals surface area contributed by atoms with Crippen LogP contribution >= 0.6 is 0 Å². The first-order chi connectivity index (χ1) is 9.72. The molecule has 2 aromatic rings. The lowest BCUT2D eigenvalue weighted by atomic mass is 9.77. The van der Waals surface area contributed by atoms with Crippen LogP contribution in [0, 0.1) is 6.92 Å². The second kappa shape index (κ2) is 5.57. The Morgan fingerprint density at radius 2 is 1.90 bits per heavy atom. The molecule has 3 rings (SSSR count). The third-order valence-corrected chi connectivity index (χ3v) is 4.72. The van der Waals surface area contributed by atoms with Gasteiger partial charge < -0.3 is 5.32 Å². The maximum atomic E-state index is 3.74. The topological polar surface area (TPSA) is 12.0 Å². The van der Waals surface area contributed by atoms with Crippen LogP contribution in [0.5, 0.6) is 0 Å². The van der Waals surface area contributed by atoms with Gasteiger partial charge in [0.2, 0.25) is 0 Å². The third kappa shape index (κ3) is 2.25. The highest BCUT2D eigenvalue weighted by atomic mass is 14.9. The molecule has 0 saturated carbocycles. The van der Waals surface area contributed by atoms with Crippen LogP contribution in [0.2, 0.25) is 0 Å². The molecule has 0 radical (unpaired) electrons. The van der Waals surface area contributed by atoms with E-state index in [4.69, 9.17) is 0 Å². The molecular formula is C19H25N. The normalized spacial score (nSPS) is 21.9. The Morgan fingerprint density at radius 1 is 1.15 bits per heavy atom. The SMILES string of the molecule is CCCNC1CCC(C)c2c1cc(C)c1ccccc21. The fourth-order valence-corrected chi connectivity index (χ4v) is 3.69. The summed E-state index contributed by atoms with van der Waals surface area (Å²) in [5, 5.41) is 6.64. The number of nitrogens with one attached hydrogen (secondary N) is 1. The summed E-state index contributed by atoms with van der Waals surface area (Å²) >= 11 is 0. The van der Waals surface area contributed by atoms with E-state index in [2.05, 4.69) is 56.4 Å². The van der Waals surface area contributed by atoms with Crippen LogP contribution in [0.25, 0.3) is 10.8 Å². The van der Waals surface area contributed by atoms with Crippen molar-refractivity contribution in [3.63, 3.8) is 0 Å². The second-order valence-electron chi connectivity index (χ2n) is 6.23. The average molecular weight is 267 g/mol. The van der Waals surface area contributed by atoms with Gasteiger partial charge in [0, 0.05) is 6.04 Å². The zero-order valence-corrected chi connectivity index (χ0v) is 12.9. The van der Waals surface area contributed by atoms with Crippen LogP contribution < -0.4 is 5.32 Å². The van der Waals surface area contributed by atoms with E-state index in [1.165, 1.54) is 35.6 Å². The molecule has 2 aromatic carbocycles. The zero-order chi connectivity index (χ0) is 14.1. The van der Waals surface area contributed by atoms with E-state index >= 15 is 0 Å². The van der Waals surface area contributed by atoms with E-state index in [0.29, 0.717) is 12.0 Å². The molecule has 20 heavy (non-hydrogen) atoms. The Labute approximate surface area is 122 Å². The molecule has 106 valence electrons. The number of aryl methyl sites for hydroxylation is 1. The first-order valence-electron chi connectivity index (χ1n) is 7.98. The van der Waals surface area contributed by atoms with E-state index in [1.807, 2.05) is 0 Å². The summed E-state index contributed by atoms with van der Waals surface area (Å²) in [6.07, 6.45) is 3.77. The van der Waals surface area contributed by atoms with Gasteiger partial charge >= 0.3 is 0 Å². The molecule has 1 heteroatoms. The smallest absolute Gasteiger partial charge is 0.0323 e. The van der Waals surface area contributed by atoms with Crippen LogP contribution in [-0.2, 0) is 0 Å². The average Bonchev–Trinajstić information content (AvgIpc) is 2.47. The fraction of sp³-hybridized carbons (Fsp3) is 0.474. The molecule has 0 saturated heterocycles. The highest BCUT2D eigenvalue weighted by molar-refractivity contribution is 5.90. The molecule has 0 fully saturated rings. The van der Waals surface area contributed by atoms with Gasteiger partial charge in [-0.2, -0.15) is 0 Å². The van der Waals surface area contributed by atoms with Gasteiger partial charge in [0.05, 0.1) is 0 Å². The van der Waals surface area contributed by atoms with Crippen molar-refractivity contribution in [2.24, 2.45) is 0 Å². The molecule has 0 heterocycles. The molecule has 1 aliphatic carbocycles. The monoisotopic (exact) mass is 267 g/mol. The van der Waals surface area contributed by atoms with Crippen LogP contribution in [0.4, 0.5) is 0 Å². The predicted octanol–water partition coefficient (Wildman–Crippen LogP) is 5.09. The highest BCUT2D eigenvalue weighted by Gasteiger charge is 2.26. The predicted molar refractivity (Wildman–Crippen MR) is 87.4 cm³/mol. The van der Waals surface area contributed by atoms with Crippen LogP contribution in [0.15, 0.2) is 30.3 Å². The number of hydrogen-bond donors (Lipinski definition) is 1. The van der Waals surface area contributed by atoms with Crippen LogP contribution in [0.3, 0.4) is 0 Å². The molecule has 0 aromatic heterocycles. The molecule has 2 unspecified atom stereocenters. The zero-order valence-electron chi connectivity index (χ0n) is 12.9. The van der Waals surface area contributed by atoms with Crippen molar-refractivity contribution in [1.82, 2.24) is 5.32 Å². The summed E-state index contributed by atoms with van der Waals surface area (Å²) in [5.41, 5.74) is 4.55. The lowest BCUT2D eigenvalue weighted by molar-refractivity contribution is 0.434. The quantitative estimate of drug-likeness (QED) is 0.817. The van der Waals surface area contributed by atoms with Gasteiger partial charge in [-0.05, 0) is 66.1 Å². The molecule has 1 aliphatic rings. The largest absolute Gasteiger partial charge is 0.310 e. The van der Waals surface area contributed by atoms with E-state index in [0.717, 1.165) is 6.54 Å². The Balaban J connectivity index is 2.17. The van der Waals surface area contributed by atoms with Gasteiger partial charge in [-0.15, -0.1) is 0 Å². The van der Waals surface area contributed by atoms with Crippen LogP contribution in [0.1, 0.15) is 61.8 Å². The molecular weight excluding hydrogens is 242 g/mol. The van der Waals surface area contributed by atoms with Crippen molar-refractivity contribution in [2.45, 2.75) is 52.0 Å². The summed E-state index contributed by atoms with van der Waals surface area (Å²) in [7, 11) is 0. The third-order valence-electron chi connectivity index (χ3n) is 4.72. The number of benzene rings is 2. The van der Waals surface area contributed by atoms with Gasteiger partial charge in [-0.25, -0.2) is 0 Å². The second-order valence-corrected chi connectivity index (χ2v) is 6.23. The van der Waals surface area contributed by atoms with Gasteiger partial charge in [0.25, 0.3) is 0 Å². The number of rotatable bonds is 3. The summed E-state index contributed by atoms with van der Waals surface area (Å²) in [5.74, 6) is 0.676. The van der Waals surface area contributed by atoms with Gasteiger partial charge in [0.1, 0.15) is 0 Å². The maximum absolute atomic E-state index is 3.74. The Bertz CT molecular complexity index is 614. The van der Waals surface area contributed by atoms with E-state index in [1.54, 1.807) is 11.1 Å². The van der Waals surface area contributed by atoms with E-state index < -0.39 is 0 Å². The van der Waals surface area contributed by atoms with E-state index in [9.17, 15) is 0 Å². The molecule has 0 spiro atoms. The minimum absolute atomic E-state index is 0.546. The Morgan fingerprint density at radius 3 is 2.65 bits per heavy atom. The summed E-state index contributed by atoms with van der Waals surface area (Å²) in [4.78, 5) is 0. The lowest BCUT2D eigenvalue weighted by Crippen LogP contribution is -2.27. The van der Waals surface area contributed by atoms with Crippen molar-refractivity contribution < 1.29 is 0 Å². The van der Waals surface area contributed by atoms with Gasteiger partial charge in [-0.1, -0.05) is 44.2 Å².